The molecule has 124 valence electrons. The van der Waals surface area contributed by atoms with Gasteiger partial charge in [-0.2, -0.15) is 5.10 Å². The van der Waals surface area contributed by atoms with E-state index in [9.17, 15) is 9.18 Å². The van der Waals surface area contributed by atoms with Crippen molar-refractivity contribution in [3.63, 3.8) is 0 Å². The van der Waals surface area contributed by atoms with Crippen LogP contribution in [-0.4, -0.2) is 28.9 Å². The van der Waals surface area contributed by atoms with Crippen LogP contribution in [0.15, 0.2) is 30.3 Å². The van der Waals surface area contributed by atoms with Gasteiger partial charge in [0, 0.05) is 12.0 Å². The first-order chi connectivity index (χ1) is 11.7. The third-order valence-electron chi connectivity index (χ3n) is 4.62. The second-order valence-electron chi connectivity index (χ2n) is 6.25. The molecule has 2 aliphatic rings. The first kappa shape index (κ1) is 15.2. The maximum Gasteiger partial charge on any atom is 0.359 e. The Morgan fingerprint density at radius 3 is 2.79 bits per heavy atom. The van der Waals surface area contributed by atoms with Crippen LogP contribution in [0.4, 0.5) is 4.39 Å². The van der Waals surface area contributed by atoms with Crippen molar-refractivity contribution in [2.75, 3.05) is 6.61 Å². The highest BCUT2D eigenvalue weighted by Gasteiger charge is 2.34. The highest BCUT2D eigenvalue weighted by molar-refractivity contribution is 5.87. The number of esters is 1. The summed E-state index contributed by atoms with van der Waals surface area (Å²) in [5.41, 5.74) is 3.10. The molecule has 1 aromatic carbocycles. The fourth-order valence-electron chi connectivity index (χ4n) is 3.12. The van der Waals surface area contributed by atoms with Gasteiger partial charge in [-0.3, -0.25) is 0 Å². The van der Waals surface area contributed by atoms with Crippen LogP contribution in [0.1, 0.15) is 46.1 Å². The minimum absolute atomic E-state index is 0.123. The standard InChI is InChI=1S/C18H17FN2O3/c19-14-3-1-11(2-4-14)12-7-15(8-12)24-18(22)17-9-13-10-23-6-5-16(13)20-21-17/h1-4,9,12,15H,5-8,10H2. The molecular formula is C18H17FN2O3. The van der Waals surface area contributed by atoms with Crippen molar-refractivity contribution >= 4 is 5.97 Å². The summed E-state index contributed by atoms with van der Waals surface area (Å²) in [6, 6.07) is 8.19. The van der Waals surface area contributed by atoms with Gasteiger partial charge in [-0.25, -0.2) is 9.18 Å². The average molecular weight is 328 g/mol. The molecule has 6 heteroatoms. The van der Waals surface area contributed by atoms with Crippen LogP contribution in [-0.2, 0) is 22.5 Å². The predicted octanol–water partition coefficient (Wildman–Crippen LogP) is 2.79. The number of rotatable bonds is 3. The van der Waals surface area contributed by atoms with Crippen molar-refractivity contribution < 1.29 is 18.7 Å². The molecule has 2 heterocycles. The van der Waals surface area contributed by atoms with E-state index in [1.807, 2.05) is 0 Å². The Morgan fingerprint density at radius 1 is 1.21 bits per heavy atom. The fourth-order valence-corrected chi connectivity index (χ4v) is 3.12. The molecule has 1 aliphatic carbocycles. The van der Waals surface area contributed by atoms with Gasteiger partial charge in [0.15, 0.2) is 5.69 Å². The zero-order valence-electron chi connectivity index (χ0n) is 13.1. The zero-order chi connectivity index (χ0) is 16.5. The molecule has 1 aromatic heterocycles. The van der Waals surface area contributed by atoms with Crippen molar-refractivity contribution in [3.05, 3.63) is 58.7 Å². The van der Waals surface area contributed by atoms with Crippen LogP contribution < -0.4 is 0 Å². The Hall–Kier alpha value is -2.34. The van der Waals surface area contributed by atoms with Gasteiger partial charge in [0.1, 0.15) is 11.9 Å². The van der Waals surface area contributed by atoms with Crippen molar-refractivity contribution in [1.82, 2.24) is 10.2 Å². The second kappa shape index (κ2) is 6.28. The number of benzene rings is 1. The molecule has 0 bridgehead atoms. The Balaban J connectivity index is 1.35. The molecule has 2 aromatic rings. The van der Waals surface area contributed by atoms with E-state index in [2.05, 4.69) is 10.2 Å². The first-order valence-electron chi connectivity index (χ1n) is 8.08. The van der Waals surface area contributed by atoms with E-state index in [1.165, 1.54) is 12.1 Å². The molecule has 0 atom stereocenters. The summed E-state index contributed by atoms with van der Waals surface area (Å²) >= 11 is 0. The second-order valence-corrected chi connectivity index (χ2v) is 6.25. The fraction of sp³-hybridized carbons (Fsp3) is 0.389. The molecule has 1 saturated carbocycles. The number of ether oxygens (including phenoxy) is 2. The van der Waals surface area contributed by atoms with Crippen LogP contribution in [0, 0.1) is 5.82 Å². The van der Waals surface area contributed by atoms with Crippen LogP contribution in [0.3, 0.4) is 0 Å². The van der Waals surface area contributed by atoms with E-state index in [-0.39, 0.29) is 17.6 Å². The number of halogens is 1. The lowest BCUT2D eigenvalue weighted by molar-refractivity contribution is 0.00129. The number of hydrogen-bond acceptors (Lipinski definition) is 5. The van der Waals surface area contributed by atoms with Gasteiger partial charge < -0.3 is 9.47 Å². The van der Waals surface area contributed by atoms with Gasteiger partial charge >= 0.3 is 5.97 Å². The Bertz CT molecular complexity index is 757. The third kappa shape index (κ3) is 3.01. The quantitative estimate of drug-likeness (QED) is 0.811. The van der Waals surface area contributed by atoms with Crippen LogP contribution in [0.5, 0.6) is 0 Å². The van der Waals surface area contributed by atoms with Crippen molar-refractivity contribution in [2.24, 2.45) is 0 Å². The molecule has 0 N–H and O–H groups in total. The number of aromatic nitrogens is 2. The maximum atomic E-state index is 12.9. The van der Waals surface area contributed by atoms with E-state index in [0.29, 0.717) is 19.1 Å². The van der Waals surface area contributed by atoms with E-state index < -0.39 is 5.97 Å². The lowest BCUT2D eigenvalue weighted by atomic mass is 9.77. The largest absolute Gasteiger partial charge is 0.458 e. The Kier molecular flexibility index (Phi) is 3.98. The van der Waals surface area contributed by atoms with Gasteiger partial charge in [0.05, 0.1) is 18.9 Å². The van der Waals surface area contributed by atoms with Crippen molar-refractivity contribution in [1.29, 1.82) is 0 Å². The van der Waals surface area contributed by atoms with Gasteiger partial charge in [0.25, 0.3) is 0 Å². The summed E-state index contributed by atoms with van der Waals surface area (Å²) in [5.74, 6) is -0.374. The number of carbonyl (C=O) groups excluding carboxylic acids is 1. The first-order valence-corrected chi connectivity index (χ1v) is 8.08. The molecule has 1 fully saturated rings. The molecule has 0 spiro atoms. The van der Waals surface area contributed by atoms with Crippen LogP contribution in [0.25, 0.3) is 0 Å². The molecule has 0 radical (unpaired) electrons. The molecule has 4 rings (SSSR count). The lowest BCUT2D eigenvalue weighted by Gasteiger charge is -2.34. The lowest BCUT2D eigenvalue weighted by Crippen LogP contribution is -2.32. The Morgan fingerprint density at radius 2 is 2.00 bits per heavy atom. The number of carbonyl (C=O) groups is 1. The van der Waals surface area contributed by atoms with Crippen molar-refractivity contribution in [2.45, 2.75) is 37.9 Å². The average Bonchev–Trinajstić information content (AvgIpc) is 2.58. The number of hydrogen-bond donors (Lipinski definition) is 0. The van der Waals surface area contributed by atoms with Gasteiger partial charge in [-0.1, -0.05) is 12.1 Å². The van der Waals surface area contributed by atoms with E-state index in [1.54, 1.807) is 18.2 Å². The summed E-state index contributed by atoms with van der Waals surface area (Å²) < 4.78 is 23.8. The SMILES string of the molecule is O=C(OC1CC(c2ccc(F)cc2)C1)c1cc2c(nn1)CCOC2. The van der Waals surface area contributed by atoms with Crippen LogP contribution in [0.2, 0.25) is 0 Å². The molecule has 5 nitrogen and oxygen atoms in total. The summed E-state index contributed by atoms with van der Waals surface area (Å²) in [7, 11) is 0. The van der Waals surface area contributed by atoms with E-state index in [0.717, 1.165) is 36.1 Å². The minimum Gasteiger partial charge on any atom is -0.458 e. The third-order valence-corrected chi connectivity index (χ3v) is 4.62. The number of fused-ring (bicyclic) bond motifs is 1. The Labute approximate surface area is 138 Å². The molecule has 0 amide bonds. The molecular weight excluding hydrogens is 311 g/mol. The highest BCUT2D eigenvalue weighted by atomic mass is 19.1. The summed E-state index contributed by atoms with van der Waals surface area (Å²) in [6.07, 6.45) is 2.10. The molecule has 24 heavy (non-hydrogen) atoms. The summed E-state index contributed by atoms with van der Waals surface area (Å²) in [6.45, 7) is 1.10. The highest BCUT2D eigenvalue weighted by Crippen LogP contribution is 2.39. The number of nitrogens with zero attached hydrogens (tertiary/aromatic N) is 2. The van der Waals surface area contributed by atoms with Gasteiger partial charge in [-0.15, -0.1) is 5.10 Å². The molecule has 1 aliphatic heterocycles. The zero-order valence-corrected chi connectivity index (χ0v) is 13.1. The molecule has 0 unspecified atom stereocenters. The van der Waals surface area contributed by atoms with E-state index in [4.69, 9.17) is 9.47 Å². The maximum absolute atomic E-state index is 12.9. The normalized spacial score (nSPS) is 22.4. The van der Waals surface area contributed by atoms with E-state index >= 15 is 0 Å². The van der Waals surface area contributed by atoms with Crippen LogP contribution >= 0.6 is 0 Å². The van der Waals surface area contributed by atoms with Gasteiger partial charge in [-0.05, 0) is 42.5 Å². The molecule has 0 saturated heterocycles. The predicted molar refractivity (Wildman–Crippen MR) is 83.0 cm³/mol. The van der Waals surface area contributed by atoms with Gasteiger partial charge in [0.2, 0.25) is 0 Å². The smallest absolute Gasteiger partial charge is 0.359 e. The topological polar surface area (TPSA) is 61.3 Å². The monoisotopic (exact) mass is 328 g/mol. The summed E-state index contributed by atoms with van der Waals surface area (Å²) in [5, 5.41) is 8.06. The van der Waals surface area contributed by atoms with Crippen molar-refractivity contribution in [3.8, 4) is 0 Å². The minimum atomic E-state index is -0.446. The summed E-state index contributed by atoms with van der Waals surface area (Å²) in [4.78, 5) is 12.2.